The fourth-order valence-electron chi connectivity index (χ4n) is 3.56. The van der Waals surface area contributed by atoms with Crippen LogP contribution in [0, 0.1) is 18.8 Å². The molecule has 2 heteroatoms. The lowest BCUT2D eigenvalue weighted by atomic mass is 9.76. The number of hydrogen-bond acceptors (Lipinski definition) is 1. The number of aryl methyl sites for hydroxylation is 1. The summed E-state index contributed by atoms with van der Waals surface area (Å²) >= 11 is 6.23. The first-order valence-electron chi connectivity index (χ1n) is 8.11. The van der Waals surface area contributed by atoms with Gasteiger partial charge in [0.25, 0.3) is 0 Å². The molecule has 3 atom stereocenters. The van der Waals surface area contributed by atoms with Gasteiger partial charge in [0.2, 0.25) is 0 Å². The average Bonchev–Trinajstić information content (AvgIpc) is 2.43. The summed E-state index contributed by atoms with van der Waals surface area (Å²) in [6.07, 6.45) is 6.63. The Hall–Kier alpha value is -0.530. The first-order valence-corrected chi connectivity index (χ1v) is 8.49. The highest BCUT2D eigenvalue weighted by atomic mass is 35.5. The van der Waals surface area contributed by atoms with Crippen molar-refractivity contribution in [2.45, 2.75) is 58.9 Å². The molecule has 1 N–H and O–H groups in total. The van der Waals surface area contributed by atoms with E-state index < -0.39 is 0 Å². The maximum absolute atomic E-state index is 6.23. The number of hydrogen-bond donors (Lipinski definition) is 1. The van der Waals surface area contributed by atoms with Gasteiger partial charge in [0.15, 0.2) is 0 Å². The van der Waals surface area contributed by atoms with E-state index in [0.29, 0.717) is 6.04 Å². The smallest absolute Gasteiger partial charge is 0.0409 e. The third-order valence-corrected chi connectivity index (χ3v) is 4.87. The minimum Gasteiger partial charge on any atom is -0.310 e. The van der Waals surface area contributed by atoms with Gasteiger partial charge in [-0.25, -0.2) is 0 Å². The topological polar surface area (TPSA) is 12.0 Å². The molecular weight excluding hydrogens is 266 g/mol. The van der Waals surface area contributed by atoms with Gasteiger partial charge in [0.1, 0.15) is 0 Å². The molecule has 2 rings (SSSR count). The van der Waals surface area contributed by atoms with Crippen molar-refractivity contribution in [3.8, 4) is 0 Å². The largest absolute Gasteiger partial charge is 0.310 e. The van der Waals surface area contributed by atoms with Crippen LogP contribution < -0.4 is 5.32 Å². The molecule has 1 aromatic carbocycles. The van der Waals surface area contributed by atoms with E-state index in [2.05, 4.69) is 38.2 Å². The number of benzene rings is 1. The zero-order chi connectivity index (χ0) is 14.5. The molecule has 3 unspecified atom stereocenters. The summed E-state index contributed by atoms with van der Waals surface area (Å²) in [5.41, 5.74) is 2.77. The summed E-state index contributed by atoms with van der Waals surface area (Å²) in [4.78, 5) is 0. The summed E-state index contributed by atoms with van der Waals surface area (Å²) < 4.78 is 0. The van der Waals surface area contributed by atoms with E-state index in [1.807, 2.05) is 6.07 Å². The van der Waals surface area contributed by atoms with Crippen LogP contribution in [0.3, 0.4) is 0 Å². The molecule has 1 aliphatic rings. The molecule has 0 aromatic heterocycles. The van der Waals surface area contributed by atoms with Crippen molar-refractivity contribution >= 4 is 11.6 Å². The first kappa shape index (κ1) is 15.9. The molecule has 20 heavy (non-hydrogen) atoms. The van der Waals surface area contributed by atoms with Gasteiger partial charge in [-0.15, -0.1) is 0 Å². The summed E-state index contributed by atoms with van der Waals surface area (Å²) in [6, 6.07) is 6.80. The van der Waals surface area contributed by atoms with E-state index in [0.717, 1.165) is 23.4 Å². The zero-order valence-electron chi connectivity index (χ0n) is 13.1. The quantitative estimate of drug-likeness (QED) is 0.754. The third kappa shape index (κ3) is 3.99. The fourth-order valence-corrected chi connectivity index (χ4v) is 3.74. The molecule has 0 amide bonds. The van der Waals surface area contributed by atoms with E-state index >= 15 is 0 Å². The predicted octanol–water partition coefficient (Wildman–Crippen LogP) is 5.52. The van der Waals surface area contributed by atoms with Gasteiger partial charge in [-0.3, -0.25) is 0 Å². The Labute approximate surface area is 129 Å². The standard InChI is InChI=1S/C18H28ClN/c1-4-10-20-18(15-7-5-6-13(2)11-15)17-12-16(19)9-8-14(17)3/h8-9,12-13,15,18,20H,4-7,10-11H2,1-3H3. The second-order valence-corrected chi connectivity index (χ2v) is 6.90. The molecule has 112 valence electrons. The molecule has 0 saturated heterocycles. The van der Waals surface area contributed by atoms with Crippen molar-refractivity contribution < 1.29 is 0 Å². The number of halogens is 1. The van der Waals surface area contributed by atoms with Gasteiger partial charge in [0.05, 0.1) is 0 Å². The van der Waals surface area contributed by atoms with Crippen molar-refractivity contribution in [3.63, 3.8) is 0 Å². The molecule has 1 fully saturated rings. The van der Waals surface area contributed by atoms with E-state index in [-0.39, 0.29) is 0 Å². The van der Waals surface area contributed by atoms with Crippen molar-refractivity contribution in [1.29, 1.82) is 0 Å². The van der Waals surface area contributed by atoms with Gasteiger partial charge in [-0.1, -0.05) is 44.4 Å². The fraction of sp³-hybridized carbons (Fsp3) is 0.667. The number of nitrogens with one attached hydrogen (secondary N) is 1. The summed E-state index contributed by atoms with van der Waals surface area (Å²) in [6.45, 7) is 7.92. The molecule has 1 saturated carbocycles. The molecular formula is C18H28ClN. The molecule has 0 spiro atoms. The van der Waals surface area contributed by atoms with E-state index in [9.17, 15) is 0 Å². The second-order valence-electron chi connectivity index (χ2n) is 6.46. The number of rotatable bonds is 5. The molecule has 0 aliphatic heterocycles. The first-order chi connectivity index (χ1) is 9.61. The minimum absolute atomic E-state index is 0.469. The third-order valence-electron chi connectivity index (χ3n) is 4.64. The molecule has 1 nitrogen and oxygen atoms in total. The molecule has 0 radical (unpaired) electrons. The Balaban J connectivity index is 2.23. The van der Waals surface area contributed by atoms with Crippen LogP contribution in [-0.2, 0) is 0 Å². The van der Waals surface area contributed by atoms with Crippen LogP contribution >= 0.6 is 11.6 Å². The van der Waals surface area contributed by atoms with Crippen LogP contribution in [0.1, 0.15) is 63.1 Å². The highest BCUT2D eigenvalue weighted by molar-refractivity contribution is 6.30. The second kappa shape index (κ2) is 7.47. The van der Waals surface area contributed by atoms with Gasteiger partial charge in [-0.05, 0) is 67.8 Å². The summed E-state index contributed by atoms with van der Waals surface area (Å²) in [5.74, 6) is 1.61. The Morgan fingerprint density at radius 3 is 2.85 bits per heavy atom. The maximum Gasteiger partial charge on any atom is 0.0409 e. The Morgan fingerprint density at radius 1 is 1.35 bits per heavy atom. The Morgan fingerprint density at radius 2 is 2.15 bits per heavy atom. The highest BCUT2D eigenvalue weighted by Crippen LogP contribution is 2.38. The van der Waals surface area contributed by atoms with Crippen LogP contribution in [0.4, 0.5) is 0 Å². The van der Waals surface area contributed by atoms with Crippen LogP contribution in [0.2, 0.25) is 5.02 Å². The lowest BCUT2D eigenvalue weighted by molar-refractivity contribution is 0.223. The van der Waals surface area contributed by atoms with E-state index in [4.69, 9.17) is 11.6 Å². The minimum atomic E-state index is 0.469. The monoisotopic (exact) mass is 293 g/mol. The summed E-state index contributed by atoms with van der Waals surface area (Å²) in [5, 5.41) is 4.64. The molecule has 1 aromatic rings. The zero-order valence-corrected chi connectivity index (χ0v) is 13.8. The van der Waals surface area contributed by atoms with Gasteiger partial charge < -0.3 is 5.32 Å². The SMILES string of the molecule is CCCNC(c1cc(Cl)ccc1C)C1CCCC(C)C1. The Kier molecular flexibility index (Phi) is 5.92. The molecule has 0 bridgehead atoms. The van der Waals surface area contributed by atoms with Crippen molar-refractivity contribution in [1.82, 2.24) is 5.32 Å². The lowest BCUT2D eigenvalue weighted by Gasteiger charge is -2.35. The van der Waals surface area contributed by atoms with Crippen molar-refractivity contribution in [2.75, 3.05) is 6.54 Å². The van der Waals surface area contributed by atoms with Crippen LogP contribution in [0.25, 0.3) is 0 Å². The highest BCUT2D eigenvalue weighted by Gasteiger charge is 2.28. The van der Waals surface area contributed by atoms with E-state index in [1.165, 1.54) is 43.2 Å². The maximum atomic E-state index is 6.23. The van der Waals surface area contributed by atoms with Gasteiger partial charge in [-0.2, -0.15) is 0 Å². The Bertz CT molecular complexity index is 429. The van der Waals surface area contributed by atoms with Crippen molar-refractivity contribution in [2.24, 2.45) is 11.8 Å². The van der Waals surface area contributed by atoms with Crippen LogP contribution in [-0.4, -0.2) is 6.54 Å². The van der Waals surface area contributed by atoms with Crippen LogP contribution in [0.5, 0.6) is 0 Å². The lowest BCUT2D eigenvalue weighted by Crippen LogP contribution is -2.32. The summed E-state index contributed by atoms with van der Waals surface area (Å²) in [7, 11) is 0. The van der Waals surface area contributed by atoms with Gasteiger partial charge in [0, 0.05) is 11.1 Å². The van der Waals surface area contributed by atoms with Crippen LogP contribution in [0.15, 0.2) is 18.2 Å². The average molecular weight is 294 g/mol. The molecule has 0 heterocycles. The van der Waals surface area contributed by atoms with Gasteiger partial charge >= 0.3 is 0 Å². The van der Waals surface area contributed by atoms with Crippen molar-refractivity contribution in [3.05, 3.63) is 34.3 Å². The predicted molar refractivity (Wildman–Crippen MR) is 88.3 cm³/mol. The van der Waals surface area contributed by atoms with E-state index in [1.54, 1.807) is 0 Å². The normalized spacial score (nSPS) is 24.6. The molecule has 1 aliphatic carbocycles.